The molecule has 1 atom stereocenters. The van der Waals surface area contributed by atoms with Gasteiger partial charge in [0.1, 0.15) is 6.30 Å². The zero-order chi connectivity index (χ0) is 4.28. The van der Waals surface area contributed by atoms with E-state index >= 15 is 0 Å². The van der Waals surface area contributed by atoms with Crippen LogP contribution in [-0.2, 0) is 4.62 Å². The molecule has 2 N–H and O–H groups in total. The zero-order valence-electron chi connectivity index (χ0n) is 4.55. The Morgan fingerprint density at radius 1 is 2.00 bits per heavy atom. The van der Waals surface area contributed by atoms with Crippen LogP contribution in [0.25, 0.3) is 0 Å². The summed E-state index contributed by atoms with van der Waals surface area (Å²) in [5.41, 5.74) is 0. The van der Waals surface area contributed by atoms with Crippen LogP contribution >= 0.6 is 8.00 Å². The maximum absolute atomic E-state index is 9.50. The van der Waals surface area contributed by atoms with Gasteiger partial charge >= 0.3 is 29.6 Å². The molecule has 0 heterocycles. The molecule has 0 aliphatic heterocycles. The molecular formula is CH5NNaO2P. The molecule has 1 unspecified atom stereocenters. The van der Waals surface area contributed by atoms with E-state index in [2.05, 4.69) is 16.8 Å². The summed E-state index contributed by atoms with van der Waals surface area (Å²) in [7, 11) is -1.82. The van der Waals surface area contributed by atoms with Gasteiger partial charge in [-0.1, -0.05) is 4.62 Å². The van der Waals surface area contributed by atoms with Crippen LogP contribution in [0.1, 0.15) is 1.43 Å². The molecule has 0 fully saturated rings. The quantitative estimate of drug-likeness (QED) is 0.217. The van der Waals surface area contributed by atoms with Crippen molar-refractivity contribution in [3.63, 3.8) is 0 Å². The first-order chi connectivity index (χ1) is 2.27. The molecule has 0 aromatic carbocycles. The van der Waals surface area contributed by atoms with Crippen LogP contribution in [0, 0.1) is 0 Å². The van der Waals surface area contributed by atoms with Gasteiger partial charge in [-0.3, -0.25) is 0 Å². The Kier molecular flexibility index (Phi) is 10.2. The Morgan fingerprint density at radius 3 is 2.17 bits per heavy atom. The predicted molar refractivity (Wildman–Crippen MR) is 20.4 cm³/mol. The Hall–Kier alpha value is 1.05. The summed E-state index contributed by atoms with van der Waals surface area (Å²) in [5.74, 6) is 4.33. The molecule has 32 valence electrons. The number of hydrogen-bond acceptors (Lipinski definition) is 3. The Balaban J connectivity index is -0.0000000800. The largest absolute Gasteiger partial charge is 1.00 e. The van der Waals surface area contributed by atoms with Gasteiger partial charge in [0.25, 0.3) is 0 Å². The zero-order valence-corrected chi connectivity index (χ0v) is 6.44. The van der Waals surface area contributed by atoms with Gasteiger partial charge in [0.15, 0.2) is 0 Å². The van der Waals surface area contributed by atoms with Crippen molar-refractivity contribution in [3.8, 4) is 0 Å². The maximum atomic E-state index is 9.50. The van der Waals surface area contributed by atoms with E-state index in [4.69, 9.17) is 0 Å². The van der Waals surface area contributed by atoms with Gasteiger partial charge in [0.2, 0.25) is 8.00 Å². The second-order valence-electron chi connectivity index (χ2n) is 0.438. The Morgan fingerprint density at radius 2 is 2.17 bits per heavy atom. The average Bonchev–Trinajstić information content (AvgIpc) is 1.38. The van der Waals surface area contributed by atoms with Crippen molar-refractivity contribution in [3.05, 3.63) is 0 Å². The molecular weight excluding hydrogens is 112 g/mol. The van der Waals surface area contributed by atoms with Crippen molar-refractivity contribution in [1.82, 2.24) is 0 Å². The average molecular weight is 117 g/mol. The van der Waals surface area contributed by atoms with Gasteiger partial charge in [0.05, 0.1) is 0 Å². The topological polar surface area (TPSA) is 58.3 Å². The first-order valence-electron chi connectivity index (χ1n) is 0.917. The van der Waals surface area contributed by atoms with Crippen molar-refractivity contribution in [2.45, 2.75) is 0 Å². The fraction of sp³-hybridized carbons (Fsp3) is 0. The van der Waals surface area contributed by atoms with Gasteiger partial charge in [-0.2, -0.15) is 5.90 Å². The van der Waals surface area contributed by atoms with Gasteiger partial charge in [-0.25, -0.2) is 0 Å². The second-order valence-corrected chi connectivity index (χ2v) is 1.31. The van der Waals surface area contributed by atoms with E-state index in [0.717, 1.165) is 0 Å². The molecule has 0 amide bonds. The Labute approximate surface area is 60.8 Å². The van der Waals surface area contributed by atoms with Gasteiger partial charge in [0, 0.05) is 0 Å². The number of hydrogen-bond donors (Lipinski definition) is 1. The molecule has 0 bridgehead atoms. The Bertz CT molecular complexity index is 53.0. The minimum Gasteiger partial charge on any atom is -1.00 e. The SMILES string of the molecule is C=[P+]([O-])ON.[H-].[Na+]. The summed E-state index contributed by atoms with van der Waals surface area (Å²) in [6, 6.07) is 0. The third-order valence-electron chi connectivity index (χ3n) is 0.118. The molecule has 0 radical (unpaired) electrons. The van der Waals surface area contributed by atoms with Crippen LogP contribution in [0.2, 0.25) is 0 Å². The third-order valence-corrected chi connectivity index (χ3v) is 0.353. The first kappa shape index (κ1) is 10.1. The predicted octanol–water partition coefficient (Wildman–Crippen LogP) is -3.90. The molecule has 0 rings (SSSR count). The molecule has 0 saturated heterocycles. The summed E-state index contributed by atoms with van der Waals surface area (Å²) in [4.78, 5) is 9.50. The minimum absolute atomic E-state index is 0. The second kappa shape index (κ2) is 6.05. The molecule has 0 aliphatic carbocycles. The molecule has 0 saturated carbocycles. The molecule has 6 heavy (non-hydrogen) atoms. The van der Waals surface area contributed by atoms with Crippen LogP contribution in [0.3, 0.4) is 0 Å². The van der Waals surface area contributed by atoms with E-state index in [1.165, 1.54) is 0 Å². The molecule has 0 aliphatic rings. The summed E-state index contributed by atoms with van der Waals surface area (Å²) >= 11 is 0. The van der Waals surface area contributed by atoms with Crippen molar-refractivity contribution >= 4 is 14.3 Å². The number of rotatable bonds is 1. The molecule has 0 spiro atoms. The van der Waals surface area contributed by atoms with Crippen LogP contribution in [0.4, 0.5) is 0 Å². The van der Waals surface area contributed by atoms with Gasteiger partial charge in [-0.15, -0.1) is 0 Å². The van der Waals surface area contributed by atoms with E-state index in [1.807, 2.05) is 0 Å². The van der Waals surface area contributed by atoms with E-state index < -0.39 is 8.00 Å². The smallest absolute Gasteiger partial charge is 1.00 e. The first-order valence-corrected chi connectivity index (χ1v) is 2.28. The molecule has 5 heteroatoms. The molecule has 3 nitrogen and oxygen atoms in total. The fourth-order valence-corrected chi connectivity index (χ4v) is 0. The summed E-state index contributed by atoms with van der Waals surface area (Å²) in [5, 5.41) is 0. The molecule has 0 aromatic rings. The van der Waals surface area contributed by atoms with Crippen LogP contribution in [-0.4, -0.2) is 6.30 Å². The van der Waals surface area contributed by atoms with Crippen molar-refractivity contribution < 1.29 is 40.5 Å². The van der Waals surface area contributed by atoms with Gasteiger partial charge < -0.3 is 6.32 Å². The van der Waals surface area contributed by atoms with E-state index in [1.54, 1.807) is 0 Å². The third kappa shape index (κ3) is 8.90. The van der Waals surface area contributed by atoms with Crippen molar-refractivity contribution in [2.75, 3.05) is 0 Å². The van der Waals surface area contributed by atoms with Crippen LogP contribution < -0.4 is 40.3 Å². The van der Waals surface area contributed by atoms with Crippen LogP contribution in [0.5, 0.6) is 0 Å². The normalized spacial score (nSPS) is 9.33. The van der Waals surface area contributed by atoms with Gasteiger partial charge in [-0.05, 0) is 0 Å². The fourth-order valence-electron chi connectivity index (χ4n) is 0. The monoisotopic (exact) mass is 117 g/mol. The van der Waals surface area contributed by atoms with Crippen molar-refractivity contribution in [1.29, 1.82) is 0 Å². The minimum atomic E-state index is -1.82. The number of nitrogens with two attached hydrogens (primary N) is 1. The molecule has 0 aromatic heterocycles. The van der Waals surface area contributed by atoms with E-state index in [0.29, 0.717) is 0 Å². The van der Waals surface area contributed by atoms with Crippen LogP contribution in [0.15, 0.2) is 0 Å². The summed E-state index contributed by atoms with van der Waals surface area (Å²) in [6.07, 6.45) is 2.92. The van der Waals surface area contributed by atoms with Crippen molar-refractivity contribution in [2.24, 2.45) is 5.90 Å². The van der Waals surface area contributed by atoms with E-state index in [-0.39, 0.29) is 31.0 Å². The summed E-state index contributed by atoms with van der Waals surface area (Å²) < 4.78 is 3.65. The van der Waals surface area contributed by atoms with E-state index in [9.17, 15) is 4.89 Å². The summed E-state index contributed by atoms with van der Waals surface area (Å²) in [6.45, 7) is 0. The standard InChI is InChI=1S/CH4NO2P.Na.H/c1-5(3)4-2;;/h1-2H2;;/q;+1;-1. The maximum Gasteiger partial charge on any atom is 1.00 e.